The van der Waals surface area contributed by atoms with E-state index in [0.717, 1.165) is 4.31 Å². The Hall–Kier alpha value is -1.51. The molecule has 2 aliphatic heterocycles. The first kappa shape index (κ1) is 14.1. The molecule has 0 aromatic heterocycles. The average Bonchev–Trinajstić information content (AvgIpc) is 3.06. The van der Waals surface area contributed by atoms with Crippen LogP contribution in [0.15, 0.2) is 60.7 Å². The molecule has 2 atom stereocenters. The maximum absolute atomic E-state index is 6.76. The topological polar surface area (TPSA) is 9.23 Å². The van der Waals surface area contributed by atoms with E-state index in [4.69, 9.17) is 4.65 Å². The quantitative estimate of drug-likeness (QED) is 0.773. The third-order valence-corrected chi connectivity index (χ3v) is 5.89. The molecular formula is C18H22B2NO+. The second-order valence-corrected chi connectivity index (χ2v) is 6.91. The molecule has 0 saturated carbocycles. The number of hydrogen-bond donors (Lipinski definition) is 0. The Morgan fingerprint density at radius 3 is 2.14 bits per heavy atom. The van der Waals surface area contributed by atoms with Crippen molar-refractivity contribution < 1.29 is 8.96 Å². The first-order chi connectivity index (χ1) is 10.7. The lowest BCUT2D eigenvalue weighted by molar-refractivity contribution is -0.716. The smallest absolute Gasteiger partial charge is 0.440 e. The highest BCUT2D eigenvalue weighted by Gasteiger charge is 2.65. The average molecular weight is 290 g/mol. The van der Waals surface area contributed by atoms with Crippen LogP contribution in [0.2, 0.25) is 6.82 Å². The highest BCUT2D eigenvalue weighted by molar-refractivity contribution is 6.47. The second kappa shape index (κ2) is 5.00. The fourth-order valence-corrected chi connectivity index (χ4v) is 4.66. The van der Waals surface area contributed by atoms with E-state index in [0.29, 0.717) is 6.04 Å². The molecule has 0 amide bonds. The van der Waals surface area contributed by atoms with Gasteiger partial charge in [-0.15, -0.1) is 0 Å². The molecule has 2 aromatic carbocycles. The molecule has 0 unspecified atom stereocenters. The van der Waals surface area contributed by atoms with Gasteiger partial charge in [0.2, 0.25) is 0 Å². The van der Waals surface area contributed by atoms with Crippen LogP contribution in [0.5, 0.6) is 0 Å². The summed E-state index contributed by atoms with van der Waals surface area (Å²) in [6.45, 7) is 3.46. The van der Waals surface area contributed by atoms with Crippen LogP contribution < -0.4 is 0 Å². The van der Waals surface area contributed by atoms with Gasteiger partial charge in [-0.1, -0.05) is 60.7 Å². The SMILES string of the molecule is B[N@+]12CCC[C@H]1C(c1ccccc1)(c1ccccc1)OB2C. The van der Waals surface area contributed by atoms with Crippen molar-refractivity contribution in [2.24, 2.45) is 0 Å². The molecule has 4 rings (SSSR count). The van der Waals surface area contributed by atoms with E-state index in [1.165, 1.54) is 30.5 Å². The van der Waals surface area contributed by atoms with Crippen molar-refractivity contribution in [1.82, 2.24) is 0 Å². The van der Waals surface area contributed by atoms with Gasteiger partial charge in [-0.25, -0.2) is 0 Å². The van der Waals surface area contributed by atoms with Gasteiger partial charge in [-0.3, -0.25) is 0 Å². The summed E-state index contributed by atoms with van der Waals surface area (Å²) >= 11 is 0. The lowest BCUT2D eigenvalue weighted by Gasteiger charge is -2.39. The Balaban J connectivity index is 1.95. The third-order valence-electron chi connectivity index (χ3n) is 5.89. The molecule has 0 spiro atoms. The summed E-state index contributed by atoms with van der Waals surface area (Å²) in [6.07, 6.45) is 2.51. The number of rotatable bonds is 2. The minimum atomic E-state index is -0.312. The van der Waals surface area contributed by atoms with Gasteiger partial charge in [0.05, 0.1) is 6.04 Å². The maximum atomic E-state index is 6.76. The molecule has 110 valence electrons. The van der Waals surface area contributed by atoms with E-state index < -0.39 is 0 Å². The molecule has 2 saturated heterocycles. The molecule has 2 nitrogen and oxygen atoms in total. The standard InChI is InChI=1S/C18H22B2NO/c1-20-21(19)14-8-13-17(21)18(22-20,15-9-4-2-5-10-15)16-11-6-3-7-12-16/h2-7,9-12,17H,8,13-14,19H2,1H3/q+1/t17-,21-/m0/s1. The van der Waals surface area contributed by atoms with Gasteiger partial charge in [-0.2, -0.15) is 0 Å². The van der Waals surface area contributed by atoms with Crippen molar-refractivity contribution in [3.05, 3.63) is 71.8 Å². The Morgan fingerprint density at radius 2 is 1.59 bits per heavy atom. The van der Waals surface area contributed by atoms with E-state index in [9.17, 15) is 0 Å². The van der Waals surface area contributed by atoms with Gasteiger partial charge < -0.3 is 8.96 Å². The molecule has 0 radical (unpaired) electrons. The van der Waals surface area contributed by atoms with E-state index >= 15 is 0 Å². The predicted octanol–water partition coefficient (Wildman–Crippen LogP) is 2.61. The largest absolute Gasteiger partial charge is 0.550 e. The van der Waals surface area contributed by atoms with E-state index in [1.54, 1.807) is 0 Å². The molecule has 2 fully saturated rings. The number of nitrogens with zero attached hydrogens (tertiary/aromatic N) is 1. The highest BCUT2D eigenvalue weighted by Crippen LogP contribution is 2.51. The van der Waals surface area contributed by atoms with E-state index in [1.807, 2.05) is 0 Å². The lowest BCUT2D eigenvalue weighted by atomic mass is 9.75. The zero-order valence-electron chi connectivity index (χ0n) is 13.4. The summed E-state index contributed by atoms with van der Waals surface area (Å²) in [5.41, 5.74) is 2.27. The van der Waals surface area contributed by atoms with E-state index in [2.05, 4.69) is 75.5 Å². The zero-order chi connectivity index (χ0) is 15.2. The van der Waals surface area contributed by atoms with Crippen molar-refractivity contribution in [2.75, 3.05) is 6.54 Å². The van der Waals surface area contributed by atoms with Crippen LogP contribution in [0.3, 0.4) is 0 Å². The van der Waals surface area contributed by atoms with Gasteiger partial charge in [0, 0.05) is 19.8 Å². The summed E-state index contributed by atoms with van der Waals surface area (Å²) < 4.78 is 7.79. The fraction of sp³-hybridized carbons (Fsp3) is 0.333. The summed E-state index contributed by atoms with van der Waals surface area (Å²) in [7, 11) is 2.60. The summed E-state index contributed by atoms with van der Waals surface area (Å²) in [5, 5.41) is 0. The lowest BCUT2D eigenvalue weighted by Crippen LogP contribution is -2.55. The van der Waals surface area contributed by atoms with Gasteiger partial charge in [0.25, 0.3) is 0 Å². The Morgan fingerprint density at radius 1 is 1.05 bits per heavy atom. The monoisotopic (exact) mass is 290 g/mol. The van der Waals surface area contributed by atoms with Crippen LogP contribution in [0.25, 0.3) is 0 Å². The van der Waals surface area contributed by atoms with Crippen LogP contribution in [-0.2, 0) is 10.3 Å². The highest BCUT2D eigenvalue weighted by atomic mass is 16.5. The van der Waals surface area contributed by atoms with Crippen molar-refractivity contribution >= 4 is 15.0 Å². The molecule has 4 heteroatoms. The van der Waals surface area contributed by atoms with Gasteiger partial charge in [-0.05, 0) is 17.5 Å². The van der Waals surface area contributed by atoms with E-state index in [-0.39, 0.29) is 12.7 Å². The van der Waals surface area contributed by atoms with Crippen LogP contribution in [0.1, 0.15) is 24.0 Å². The number of hydrogen-bond acceptors (Lipinski definition) is 1. The van der Waals surface area contributed by atoms with Crippen LogP contribution in [-0.4, -0.2) is 31.9 Å². The first-order valence-corrected chi connectivity index (χ1v) is 8.32. The number of quaternary nitrogens is 1. The first-order valence-electron chi connectivity index (χ1n) is 8.32. The molecule has 0 N–H and O–H groups in total. The Bertz CT molecular complexity index is 624. The van der Waals surface area contributed by atoms with Gasteiger partial charge in [0.1, 0.15) is 0 Å². The molecular weight excluding hydrogens is 268 g/mol. The number of benzene rings is 2. The van der Waals surface area contributed by atoms with Gasteiger partial charge >= 0.3 is 15.0 Å². The van der Waals surface area contributed by atoms with Crippen LogP contribution in [0.4, 0.5) is 0 Å². The summed E-state index contributed by atoms with van der Waals surface area (Å²) in [4.78, 5) is 0. The maximum Gasteiger partial charge on any atom is 0.550 e. The second-order valence-electron chi connectivity index (χ2n) is 6.91. The van der Waals surface area contributed by atoms with Crippen molar-refractivity contribution in [3.8, 4) is 0 Å². The molecule has 2 heterocycles. The molecule has 0 aliphatic carbocycles. The van der Waals surface area contributed by atoms with Crippen LogP contribution >= 0.6 is 0 Å². The molecule has 2 aliphatic rings. The molecule has 0 bridgehead atoms. The van der Waals surface area contributed by atoms with Crippen molar-refractivity contribution in [3.63, 3.8) is 0 Å². The summed E-state index contributed by atoms with van der Waals surface area (Å²) in [5.74, 6) is 0. The molecule has 22 heavy (non-hydrogen) atoms. The van der Waals surface area contributed by atoms with Gasteiger partial charge in [0.15, 0.2) is 5.60 Å². The molecule has 2 aromatic rings. The minimum Gasteiger partial charge on any atom is -0.440 e. The normalized spacial score (nSPS) is 29.5. The Labute approximate surface area is 134 Å². The fourth-order valence-electron chi connectivity index (χ4n) is 4.66. The van der Waals surface area contributed by atoms with Crippen molar-refractivity contribution in [1.29, 1.82) is 0 Å². The zero-order valence-corrected chi connectivity index (χ0v) is 13.4. The third kappa shape index (κ3) is 1.77. The number of fused-ring (bicyclic) bond motifs is 1. The van der Waals surface area contributed by atoms with Crippen LogP contribution in [0, 0.1) is 0 Å². The Kier molecular flexibility index (Phi) is 3.21. The predicted molar refractivity (Wildman–Crippen MR) is 93.1 cm³/mol. The van der Waals surface area contributed by atoms with Crippen molar-refractivity contribution in [2.45, 2.75) is 31.3 Å². The minimum absolute atomic E-state index is 0.230. The summed E-state index contributed by atoms with van der Waals surface area (Å²) in [6, 6.07) is 22.1.